The standard InChI is InChI=1S/C16H23N5OS/c1-11(8-17)20(2)16(22)12-4-3-6-21(9-12)14-13-5-7-23-15(13)19-10-18-14/h5,7,10-12H,3-4,6,8-9,17H2,1-2H3. The number of anilines is 1. The summed E-state index contributed by atoms with van der Waals surface area (Å²) in [4.78, 5) is 26.5. The Labute approximate surface area is 140 Å². The van der Waals surface area contributed by atoms with Gasteiger partial charge in [0.05, 0.1) is 11.3 Å². The molecule has 3 rings (SSSR count). The van der Waals surface area contributed by atoms with Crippen LogP contribution in [0.25, 0.3) is 10.2 Å². The largest absolute Gasteiger partial charge is 0.355 e. The predicted molar refractivity (Wildman–Crippen MR) is 93.6 cm³/mol. The van der Waals surface area contributed by atoms with E-state index in [0.29, 0.717) is 13.1 Å². The Morgan fingerprint density at radius 3 is 3.17 bits per heavy atom. The van der Waals surface area contributed by atoms with Crippen LogP contribution >= 0.6 is 11.3 Å². The molecule has 124 valence electrons. The minimum Gasteiger partial charge on any atom is -0.355 e. The number of carbonyl (C=O) groups excluding carboxylic acids is 1. The van der Waals surface area contributed by atoms with E-state index in [4.69, 9.17) is 5.73 Å². The van der Waals surface area contributed by atoms with E-state index in [9.17, 15) is 4.79 Å². The number of carbonyl (C=O) groups is 1. The van der Waals surface area contributed by atoms with Crippen molar-refractivity contribution in [1.82, 2.24) is 14.9 Å². The Kier molecular flexibility index (Phi) is 4.77. The van der Waals surface area contributed by atoms with Crippen molar-refractivity contribution in [3.8, 4) is 0 Å². The van der Waals surface area contributed by atoms with Gasteiger partial charge in [-0.1, -0.05) is 0 Å². The van der Waals surface area contributed by atoms with Crippen LogP contribution < -0.4 is 10.6 Å². The summed E-state index contributed by atoms with van der Waals surface area (Å²) in [6.45, 7) is 4.11. The lowest BCUT2D eigenvalue weighted by Crippen LogP contribution is -2.48. The van der Waals surface area contributed by atoms with E-state index >= 15 is 0 Å². The molecule has 0 spiro atoms. The maximum atomic E-state index is 12.7. The highest BCUT2D eigenvalue weighted by Gasteiger charge is 2.30. The second-order valence-electron chi connectivity index (χ2n) is 6.16. The van der Waals surface area contributed by atoms with Crippen LogP contribution in [0.4, 0.5) is 5.82 Å². The number of hydrogen-bond donors (Lipinski definition) is 1. The van der Waals surface area contributed by atoms with Crippen LogP contribution in [-0.2, 0) is 4.79 Å². The van der Waals surface area contributed by atoms with Gasteiger partial charge in [0, 0.05) is 32.7 Å². The molecule has 2 N–H and O–H groups in total. The molecule has 2 aromatic rings. The number of piperidine rings is 1. The average Bonchev–Trinajstić information content (AvgIpc) is 3.08. The minimum atomic E-state index is 0.00593. The molecule has 23 heavy (non-hydrogen) atoms. The maximum absolute atomic E-state index is 12.7. The molecule has 0 saturated carbocycles. The Bertz CT molecular complexity index is 688. The third-order valence-electron chi connectivity index (χ3n) is 4.66. The Hall–Kier alpha value is -1.73. The monoisotopic (exact) mass is 333 g/mol. The molecule has 0 bridgehead atoms. The number of likely N-dealkylation sites (N-methyl/N-ethyl adjacent to an activating group) is 1. The van der Waals surface area contributed by atoms with Crippen molar-refractivity contribution in [3.63, 3.8) is 0 Å². The molecule has 2 unspecified atom stereocenters. The Morgan fingerprint density at radius 2 is 2.39 bits per heavy atom. The molecule has 3 heterocycles. The number of aromatic nitrogens is 2. The van der Waals surface area contributed by atoms with Crippen molar-refractivity contribution in [3.05, 3.63) is 17.8 Å². The summed E-state index contributed by atoms with van der Waals surface area (Å²) in [6, 6.07) is 2.13. The van der Waals surface area contributed by atoms with Crippen LogP contribution in [0.1, 0.15) is 19.8 Å². The van der Waals surface area contributed by atoms with Gasteiger partial charge < -0.3 is 15.5 Å². The van der Waals surface area contributed by atoms with Crippen molar-refractivity contribution in [1.29, 1.82) is 0 Å². The van der Waals surface area contributed by atoms with E-state index < -0.39 is 0 Å². The molecule has 0 aromatic carbocycles. The van der Waals surface area contributed by atoms with Crippen LogP contribution in [0.15, 0.2) is 17.8 Å². The average molecular weight is 333 g/mol. The number of amides is 1. The van der Waals surface area contributed by atoms with Gasteiger partial charge >= 0.3 is 0 Å². The summed E-state index contributed by atoms with van der Waals surface area (Å²) in [6.07, 6.45) is 3.54. The molecule has 1 aliphatic heterocycles. The quantitative estimate of drug-likeness (QED) is 0.922. The Morgan fingerprint density at radius 1 is 1.57 bits per heavy atom. The molecule has 0 radical (unpaired) electrons. The van der Waals surface area contributed by atoms with E-state index in [2.05, 4.69) is 20.9 Å². The van der Waals surface area contributed by atoms with Gasteiger partial charge in [0.2, 0.25) is 5.91 Å². The zero-order valence-electron chi connectivity index (χ0n) is 13.6. The zero-order valence-corrected chi connectivity index (χ0v) is 14.4. The van der Waals surface area contributed by atoms with E-state index in [-0.39, 0.29) is 17.9 Å². The highest BCUT2D eigenvalue weighted by molar-refractivity contribution is 7.16. The van der Waals surface area contributed by atoms with E-state index in [1.165, 1.54) is 0 Å². The molecule has 0 aliphatic carbocycles. The van der Waals surface area contributed by atoms with Crippen molar-refractivity contribution in [2.75, 3.05) is 31.6 Å². The Balaban J connectivity index is 1.78. The summed E-state index contributed by atoms with van der Waals surface area (Å²) in [5.41, 5.74) is 5.69. The molecule has 1 aliphatic rings. The van der Waals surface area contributed by atoms with Crippen molar-refractivity contribution in [2.45, 2.75) is 25.8 Å². The fraction of sp³-hybridized carbons (Fsp3) is 0.562. The molecule has 2 atom stereocenters. The topological polar surface area (TPSA) is 75.3 Å². The number of rotatable bonds is 4. The van der Waals surface area contributed by atoms with E-state index in [0.717, 1.165) is 35.4 Å². The molecule has 1 fully saturated rings. The van der Waals surface area contributed by atoms with Gasteiger partial charge in [-0.3, -0.25) is 4.79 Å². The third kappa shape index (κ3) is 3.16. The van der Waals surface area contributed by atoms with Gasteiger partial charge in [0.1, 0.15) is 17.0 Å². The second-order valence-corrected chi connectivity index (χ2v) is 7.05. The summed E-state index contributed by atoms with van der Waals surface area (Å²) in [5, 5.41) is 3.11. The predicted octanol–water partition coefficient (Wildman–Crippen LogP) is 1.71. The SMILES string of the molecule is CC(CN)N(C)C(=O)C1CCCN(c2ncnc3sccc23)C1. The van der Waals surface area contributed by atoms with Gasteiger partial charge in [-0.05, 0) is 31.2 Å². The fourth-order valence-corrected chi connectivity index (χ4v) is 3.79. The second kappa shape index (κ2) is 6.80. The van der Waals surface area contributed by atoms with Crippen LogP contribution in [0.2, 0.25) is 0 Å². The lowest BCUT2D eigenvalue weighted by atomic mass is 9.96. The molecular formula is C16H23N5OS. The lowest BCUT2D eigenvalue weighted by molar-refractivity contribution is -0.136. The first kappa shape index (κ1) is 16.1. The summed E-state index contributed by atoms with van der Waals surface area (Å²) in [7, 11) is 1.85. The molecular weight excluding hydrogens is 310 g/mol. The number of thiophene rings is 1. The first-order valence-electron chi connectivity index (χ1n) is 8.01. The number of nitrogens with two attached hydrogens (primary N) is 1. The maximum Gasteiger partial charge on any atom is 0.227 e. The van der Waals surface area contributed by atoms with Crippen molar-refractivity contribution >= 4 is 33.3 Å². The fourth-order valence-electron chi connectivity index (χ4n) is 3.06. The highest BCUT2D eigenvalue weighted by atomic mass is 32.1. The van der Waals surface area contributed by atoms with E-state index in [1.54, 1.807) is 22.6 Å². The van der Waals surface area contributed by atoms with Crippen LogP contribution in [0.3, 0.4) is 0 Å². The minimum absolute atomic E-state index is 0.00593. The number of fused-ring (bicyclic) bond motifs is 1. The summed E-state index contributed by atoms with van der Waals surface area (Å²) >= 11 is 1.62. The van der Waals surface area contributed by atoms with Gasteiger partial charge in [-0.15, -0.1) is 11.3 Å². The summed E-state index contributed by atoms with van der Waals surface area (Å²) in [5.74, 6) is 1.14. The molecule has 1 amide bonds. The van der Waals surface area contributed by atoms with Crippen LogP contribution in [-0.4, -0.2) is 53.5 Å². The van der Waals surface area contributed by atoms with Gasteiger partial charge in [0.15, 0.2) is 0 Å². The summed E-state index contributed by atoms with van der Waals surface area (Å²) < 4.78 is 0. The first-order chi connectivity index (χ1) is 11.1. The molecule has 2 aromatic heterocycles. The molecule has 6 nitrogen and oxygen atoms in total. The first-order valence-corrected chi connectivity index (χ1v) is 8.89. The molecule has 7 heteroatoms. The number of hydrogen-bond acceptors (Lipinski definition) is 6. The van der Waals surface area contributed by atoms with Gasteiger partial charge in [-0.25, -0.2) is 9.97 Å². The van der Waals surface area contributed by atoms with E-state index in [1.807, 2.05) is 19.4 Å². The smallest absolute Gasteiger partial charge is 0.227 e. The van der Waals surface area contributed by atoms with Crippen LogP contribution in [0, 0.1) is 5.92 Å². The third-order valence-corrected chi connectivity index (χ3v) is 5.48. The lowest BCUT2D eigenvalue weighted by Gasteiger charge is -2.36. The zero-order chi connectivity index (χ0) is 16.4. The normalized spacial score (nSPS) is 19.8. The number of nitrogens with zero attached hydrogens (tertiary/aromatic N) is 4. The van der Waals surface area contributed by atoms with Gasteiger partial charge in [0.25, 0.3) is 0 Å². The van der Waals surface area contributed by atoms with Gasteiger partial charge in [-0.2, -0.15) is 0 Å². The van der Waals surface area contributed by atoms with Crippen molar-refractivity contribution < 1.29 is 4.79 Å². The van der Waals surface area contributed by atoms with Crippen LogP contribution in [0.5, 0.6) is 0 Å². The highest BCUT2D eigenvalue weighted by Crippen LogP contribution is 2.30. The molecule has 1 saturated heterocycles. The van der Waals surface area contributed by atoms with Crippen molar-refractivity contribution in [2.24, 2.45) is 11.7 Å².